The summed E-state index contributed by atoms with van der Waals surface area (Å²) in [5.74, 6) is -0.139. The highest BCUT2D eigenvalue weighted by molar-refractivity contribution is 14.1. The Labute approximate surface area is 130 Å². The molecule has 5 heteroatoms. The van der Waals surface area contributed by atoms with Crippen LogP contribution in [0.4, 0.5) is 14.5 Å². The van der Waals surface area contributed by atoms with E-state index in [0.717, 1.165) is 9.26 Å². The largest absolute Gasteiger partial charge is 0.497 e. The Morgan fingerprint density at radius 1 is 1.15 bits per heavy atom. The second-order valence-electron chi connectivity index (χ2n) is 4.38. The van der Waals surface area contributed by atoms with Crippen molar-refractivity contribution in [3.05, 3.63) is 57.2 Å². The lowest BCUT2D eigenvalue weighted by molar-refractivity contribution is 0.410. The molecule has 2 aromatic carbocycles. The summed E-state index contributed by atoms with van der Waals surface area (Å²) in [5, 5.41) is 3.18. The fraction of sp³-hybridized carbons (Fsp3) is 0.200. The van der Waals surface area contributed by atoms with E-state index in [1.807, 2.05) is 29.5 Å². The summed E-state index contributed by atoms with van der Waals surface area (Å²) in [6, 6.07) is 8.97. The maximum atomic E-state index is 14.0. The van der Waals surface area contributed by atoms with Gasteiger partial charge in [-0.1, -0.05) is 6.07 Å². The molecule has 0 heterocycles. The van der Waals surface area contributed by atoms with Gasteiger partial charge in [0.2, 0.25) is 0 Å². The molecule has 0 aliphatic carbocycles. The van der Waals surface area contributed by atoms with E-state index in [0.29, 0.717) is 11.3 Å². The second-order valence-corrected chi connectivity index (χ2v) is 5.54. The van der Waals surface area contributed by atoms with E-state index < -0.39 is 0 Å². The number of methoxy groups -OCH3 is 1. The van der Waals surface area contributed by atoms with Gasteiger partial charge in [0.05, 0.1) is 13.2 Å². The fourth-order valence-corrected chi connectivity index (χ4v) is 2.54. The van der Waals surface area contributed by atoms with E-state index in [1.54, 1.807) is 18.2 Å². The summed E-state index contributed by atoms with van der Waals surface area (Å²) in [6.45, 7) is 1.85. The van der Waals surface area contributed by atoms with Gasteiger partial charge in [-0.3, -0.25) is 0 Å². The minimum atomic E-state index is -0.332. The molecule has 0 saturated carbocycles. The summed E-state index contributed by atoms with van der Waals surface area (Å²) < 4.78 is 32.8. The van der Waals surface area contributed by atoms with Gasteiger partial charge < -0.3 is 10.1 Å². The van der Waals surface area contributed by atoms with Crippen LogP contribution in [0.15, 0.2) is 36.4 Å². The third kappa shape index (κ3) is 3.39. The van der Waals surface area contributed by atoms with Gasteiger partial charge in [0.25, 0.3) is 0 Å². The molecular formula is C15H14F2INO. The van der Waals surface area contributed by atoms with Crippen LogP contribution in [0, 0.1) is 15.2 Å². The molecule has 0 aliphatic rings. The number of nitrogens with one attached hydrogen (secondary N) is 1. The number of hydrogen-bond donors (Lipinski definition) is 1. The molecule has 1 N–H and O–H groups in total. The van der Waals surface area contributed by atoms with Gasteiger partial charge in [0.15, 0.2) is 0 Å². The highest BCUT2D eigenvalue weighted by Gasteiger charge is 2.13. The van der Waals surface area contributed by atoms with Crippen LogP contribution < -0.4 is 10.1 Å². The molecule has 2 rings (SSSR count). The maximum Gasteiger partial charge on any atom is 0.132 e. The van der Waals surface area contributed by atoms with E-state index in [9.17, 15) is 8.78 Å². The zero-order valence-electron chi connectivity index (χ0n) is 11.1. The van der Waals surface area contributed by atoms with E-state index in [4.69, 9.17) is 4.74 Å². The maximum absolute atomic E-state index is 14.0. The molecule has 1 unspecified atom stereocenters. The molecule has 0 bridgehead atoms. The SMILES string of the molecule is COc1ccc(C(C)Nc2ccc(F)cc2I)c(F)c1. The number of halogens is 3. The Balaban J connectivity index is 2.21. The predicted molar refractivity (Wildman–Crippen MR) is 84.1 cm³/mol. The number of hydrogen-bond acceptors (Lipinski definition) is 2. The summed E-state index contributed by atoms with van der Waals surface area (Å²) in [4.78, 5) is 0. The van der Waals surface area contributed by atoms with Gasteiger partial charge >= 0.3 is 0 Å². The van der Waals surface area contributed by atoms with Crippen molar-refractivity contribution < 1.29 is 13.5 Å². The first kappa shape index (κ1) is 15.0. The summed E-state index contributed by atoms with van der Waals surface area (Å²) in [6.07, 6.45) is 0. The summed E-state index contributed by atoms with van der Waals surface area (Å²) >= 11 is 2.04. The van der Waals surface area contributed by atoms with Gasteiger partial charge in [0, 0.05) is 20.9 Å². The first-order valence-electron chi connectivity index (χ1n) is 6.06. The summed E-state index contributed by atoms with van der Waals surface area (Å²) in [7, 11) is 1.50. The zero-order valence-corrected chi connectivity index (χ0v) is 13.2. The molecule has 0 spiro atoms. The van der Waals surface area contributed by atoms with Crippen LogP contribution in [0.2, 0.25) is 0 Å². The quantitative estimate of drug-likeness (QED) is 0.763. The molecular weight excluding hydrogens is 375 g/mol. The van der Waals surface area contributed by atoms with E-state index in [1.165, 1.54) is 25.3 Å². The van der Waals surface area contributed by atoms with Crippen LogP contribution in [0.3, 0.4) is 0 Å². The third-order valence-electron chi connectivity index (χ3n) is 2.98. The Morgan fingerprint density at radius 2 is 1.90 bits per heavy atom. The van der Waals surface area contributed by atoms with Gasteiger partial charge in [-0.2, -0.15) is 0 Å². The molecule has 2 aromatic rings. The smallest absolute Gasteiger partial charge is 0.132 e. The zero-order chi connectivity index (χ0) is 14.7. The van der Waals surface area contributed by atoms with Crippen LogP contribution in [0.25, 0.3) is 0 Å². The molecule has 2 nitrogen and oxygen atoms in total. The van der Waals surface area contributed by atoms with Gasteiger partial charge in [-0.05, 0) is 53.8 Å². The second kappa shape index (κ2) is 6.39. The lowest BCUT2D eigenvalue weighted by atomic mass is 10.1. The molecule has 0 aliphatic heterocycles. The van der Waals surface area contributed by atoms with Crippen molar-refractivity contribution in [2.75, 3.05) is 12.4 Å². The van der Waals surface area contributed by atoms with Crippen molar-refractivity contribution >= 4 is 28.3 Å². The number of ether oxygens (including phenoxy) is 1. The molecule has 0 aromatic heterocycles. The fourth-order valence-electron chi connectivity index (χ4n) is 1.90. The molecule has 20 heavy (non-hydrogen) atoms. The molecule has 0 radical (unpaired) electrons. The summed E-state index contributed by atoms with van der Waals surface area (Å²) in [5.41, 5.74) is 1.31. The molecule has 106 valence electrons. The Morgan fingerprint density at radius 3 is 2.50 bits per heavy atom. The van der Waals surface area contributed by atoms with Gasteiger partial charge in [0.1, 0.15) is 17.4 Å². The number of benzene rings is 2. The molecule has 0 amide bonds. The van der Waals surface area contributed by atoms with E-state index in [2.05, 4.69) is 5.32 Å². The molecule has 0 fully saturated rings. The monoisotopic (exact) mass is 389 g/mol. The van der Waals surface area contributed by atoms with E-state index >= 15 is 0 Å². The first-order chi connectivity index (χ1) is 9.51. The predicted octanol–water partition coefficient (Wildman–Crippen LogP) is 4.75. The van der Waals surface area contributed by atoms with Crippen LogP contribution in [0.1, 0.15) is 18.5 Å². The van der Waals surface area contributed by atoms with Crippen molar-refractivity contribution in [3.8, 4) is 5.75 Å². The standard InChI is InChI=1S/C15H14F2INO/c1-9(12-5-4-11(20-2)8-13(12)17)19-15-6-3-10(16)7-14(15)18/h3-9,19H,1-2H3. The van der Waals surface area contributed by atoms with Crippen molar-refractivity contribution in [1.82, 2.24) is 0 Å². The molecule has 1 atom stereocenters. The number of anilines is 1. The Kier molecular flexibility index (Phi) is 4.80. The molecule has 0 saturated heterocycles. The number of rotatable bonds is 4. The lowest BCUT2D eigenvalue weighted by Crippen LogP contribution is -2.09. The highest BCUT2D eigenvalue weighted by atomic mass is 127. The van der Waals surface area contributed by atoms with Crippen LogP contribution in [0.5, 0.6) is 5.75 Å². The minimum absolute atomic E-state index is 0.236. The lowest BCUT2D eigenvalue weighted by Gasteiger charge is -2.18. The average molecular weight is 389 g/mol. The van der Waals surface area contributed by atoms with Crippen molar-refractivity contribution in [2.45, 2.75) is 13.0 Å². The first-order valence-corrected chi connectivity index (χ1v) is 7.14. The van der Waals surface area contributed by atoms with Crippen LogP contribution >= 0.6 is 22.6 Å². The van der Waals surface area contributed by atoms with Crippen molar-refractivity contribution in [1.29, 1.82) is 0 Å². The highest BCUT2D eigenvalue weighted by Crippen LogP contribution is 2.27. The van der Waals surface area contributed by atoms with Crippen molar-refractivity contribution in [2.24, 2.45) is 0 Å². The average Bonchev–Trinajstić information content (AvgIpc) is 2.41. The minimum Gasteiger partial charge on any atom is -0.497 e. The topological polar surface area (TPSA) is 21.3 Å². The van der Waals surface area contributed by atoms with Crippen molar-refractivity contribution in [3.63, 3.8) is 0 Å². The van der Waals surface area contributed by atoms with Crippen LogP contribution in [-0.4, -0.2) is 7.11 Å². The third-order valence-corrected chi connectivity index (χ3v) is 3.87. The Bertz CT molecular complexity index is 619. The van der Waals surface area contributed by atoms with Gasteiger partial charge in [-0.25, -0.2) is 8.78 Å². The Hall–Kier alpha value is -1.37. The van der Waals surface area contributed by atoms with Crippen LogP contribution in [-0.2, 0) is 0 Å². The van der Waals surface area contributed by atoms with Gasteiger partial charge in [-0.15, -0.1) is 0 Å². The normalized spacial score (nSPS) is 12.1. The van der Waals surface area contributed by atoms with E-state index in [-0.39, 0.29) is 17.7 Å².